The number of benzene rings is 2. The van der Waals surface area contributed by atoms with E-state index in [0.717, 1.165) is 0 Å². The summed E-state index contributed by atoms with van der Waals surface area (Å²) in [5, 5.41) is 10.6. The minimum Gasteiger partial charge on any atom is -0.507 e. The van der Waals surface area contributed by atoms with Crippen LogP contribution in [0.4, 0.5) is 4.39 Å². The van der Waals surface area contributed by atoms with Crippen LogP contribution in [0, 0.1) is 5.82 Å². The number of phenols is 1. The Kier molecular flexibility index (Phi) is 7.44. The van der Waals surface area contributed by atoms with Crippen LogP contribution in [0.1, 0.15) is 21.5 Å². The lowest BCUT2D eigenvalue weighted by Crippen LogP contribution is -2.30. The van der Waals surface area contributed by atoms with Crippen LogP contribution in [-0.2, 0) is 16.0 Å². The van der Waals surface area contributed by atoms with Gasteiger partial charge in [0.15, 0.2) is 5.76 Å². The zero-order chi connectivity index (χ0) is 21.7. The van der Waals surface area contributed by atoms with Gasteiger partial charge in [0.1, 0.15) is 17.3 Å². The van der Waals surface area contributed by atoms with Crippen molar-refractivity contribution < 1.29 is 28.5 Å². The molecule has 0 saturated carbocycles. The number of Topliss-reactive ketones (excluding diaryl/α,β-unsaturated/α-hetero) is 1. The molecule has 2 aromatic carbocycles. The molecule has 2 aromatic rings. The number of rotatable bonds is 9. The van der Waals surface area contributed by atoms with E-state index in [0.29, 0.717) is 44.0 Å². The van der Waals surface area contributed by atoms with Crippen LogP contribution in [0.2, 0.25) is 5.02 Å². The molecule has 160 valence electrons. The van der Waals surface area contributed by atoms with Gasteiger partial charge in [0.05, 0.1) is 29.4 Å². The van der Waals surface area contributed by atoms with Crippen LogP contribution >= 0.6 is 11.6 Å². The molecule has 3 rings (SSSR count). The summed E-state index contributed by atoms with van der Waals surface area (Å²) in [6, 6.07) is 7.22. The molecule has 1 aliphatic rings. The number of aromatic hydroxyl groups is 1. The van der Waals surface area contributed by atoms with Gasteiger partial charge >= 0.3 is 0 Å². The lowest BCUT2D eigenvalue weighted by atomic mass is 10.0. The first-order valence-corrected chi connectivity index (χ1v) is 9.77. The predicted molar refractivity (Wildman–Crippen MR) is 111 cm³/mol. The third kappa shape index (κ3) is 4.82. The van der Waals surface area contributed by atoms with E-state index in [-0.39, 0.29) is 27.8 Å². The summed E-state index contributed by atoms with van der Waals surface area (Å²) in [5.41, 5.74) is 0.846. The Morgan fingerprint density at radius 1 is 1.17 bits per heavy atom. The highest BCUT2D eigenvalue weighted by atomic mass is 35.5. The van der Waals surface area contributed by atoms with Gasteiger partial charge in [-0.05, 0) is 30.3 Å². The Hall–Kier alpha value is -2.45. The first-order valence-electron chi connectivity index (χ1n) is 9.39. The van der Waals surface area contributed by atoms with E-state index in [4.69, 9.17) is 25.8 Å². The predicted octanol–water partition coefficient (Wildman–Crippen LogP) is 3.90. The second-order valence-corrected chi connectivity index (χ2v) is 7.18. The van der Waals surface area contributed by atoms with E-state index in [2.05, 4.69) is 0 Å². The van der Waals surface area contributed by atoms with Crippen molar-refractivity contribution in [2.45, 2.75) is 6.54 Å². The van der Waals surface area contributed by atoms with Gasteiger partial charge < -0.3 is 19.3 Å². The summed E-state index contributed by atoms with van der Waals surface area (Å²) >= 11 is 6.07. The van der Waals surface area contributed by atoms with Gasteiger partial charge in [0, 0.05) is 39.4 Å². The van der Waals surface area contributed by atoms with Crippen molar-refractivity contribution in [1.29, 1.82) is 0 Å². The number of fused-ring (bicyclic) bond motifs is 1. The van der Waals surface area contributed by atoms with Crippen molar-refractivity contribution in [2.24, 2.45) is 0 Å². The molecule has 0 amide bonds. The Morgan fingerprint density at radius 2 is 1.87 bits per heavy atom. The molecule has 1 heterocycles. The molecule has 0 fully saturated rings. The standard InChI is InChI=1S/C22H23ClFNO5/c1-28-10-8-25(9-11-29-2)13-16-19(26)7-6-14-21(27)20(30-22(14)16)12-15-17(23)4-3-5-18(15)24/h3-7,12,26H,8-11,13H2,1-2H3. The van der Waals surface area contributed by atoms with Gasteiger partial charge in [-0.1, -0.05) is 17.7 Å². The normalized spacial score (nSPS) is 14.4. The van der Waals surface area contributed by atoms with Gasteiger partial charge in [0.25, 0.3) is 0 Å². The minimum atomic E-state index is -0.560. The lowest BCUT2D eigenvalue weighted by Gasteiger charge is -2.23. The van der Waals surface area contributed by atoms with Gasteiger partial charge in [-0.25, -0.2) is 4.39 Å². The van der Waals surface area contributed by atoms with Crippen LogP contribution in [0.25, 0.3) is 6.08 Å². The van der Waals surface area contributed by atoms with Crippen molar-refractivity contribution in [2.75, 3.05) is 40.5 Å². The van der Waals surface area contributed by atoms with Crippen molar-refractivity contribution >= 4 is 23.5 Å². The summed E-state index contributed by atoms with van der Waals surface area (Å²) in [6.07, 6.45) is 1.29. The maximum Gasteiger partial charge on any atom is 0.231 e. The molecule has 0 radical (unpaired) electrons. The largest absolute Gasteiger partial charge is 0.507 e. The summed E-state index contributed by atoms with van der Waals surface area (Å²) in [6.45, 7) is 2.52. The molecule has 0 aliphatic carbocycles. The number of ketones is 1. The van der Waals surface area contributed by atoms with Crippen LogP contribution in [-0.4, -0.2) is 56.3 Å². The van der Waals surface area contributed by atoms with E-state index >= 15 is 0 Å². The van der Waals surface area contributed by atoms with Crippen LogP contribution in [0.15, 0.2) is 36.1 Å². The number of ether oxygens (including phenoxy) is 3. The summed E-state index contributed by atoms with van der Waals surface area (Å²) in [7, 11) is 3.22. The molecular weight excluding hydrogens is 413 g/mol. The SMILES string of the molecule is COCCN(CCOC)Cc1c(O)ccc2c1OC(=Cc1c(F)cccc1Cl)C2=O. The molecule has 30 heavy (non-hydrogen) atoms. The van der Waals surface area contributed by atoms with Crippen molar-refractivity contribution in [3.63, 3.8) is 0 Å². The second kappa shape index (κ2) is 10.0. The first kappa shape index (κ1) is 22.2. The van der Waals surface area contributed by atoms with Crippen LogP contribution < -0.4 is 4.74 Å². The number of hydrogen-bond donors (Lipinski definition) is 1. The average molecular weight is 436 g/mol. The number of carbonyl (C=O) groups is 1. The molecule has 1 aliphatic heterocycles. The van der Waals surface area contributed by atoms with E-state index in [9.17, 15) is 14.3 Å². The molecule has 0 unspecified atom stereocenters. The molecule has 0 aromatic heterocycles. The third-order valence-corrected chi connectivity index (χ3v) is 5.13. The van der Waals surface area contributed by atoms with Crippen LogP contribution in [0.5, 0.6) is 11.5 Å². The van der Waals surface area contributed by atoms with Crippen molar-refractivity contribution in [1.82, 2.24) is 4.90 Å². The monoisotopic (exact) mass is 435 g/mol. The fraction of sp³-hybridized carbons (Fsp3) is 0.318. The fourth-order valence-electron chi connectivity index (χ4n) is 3.16. The summed E-state index contributed by atoms with van der Waals surface area (Å²) < 4.78 is 30.2. The van der Waals surface area contributed by atoms with Gasteiger partial charge in [-0.3, -0.25) is 9.69 Å². The zero-order valence-corrected chi connectivity index (χ0v) is 17.5. The maximum atomic E-state index is 14.1. The first-order chi connectivity index (χ1) is 14.5. The number of methoxy groups -OCH3 is 2. The zero-order valence-electron chi connectivity index (χ0n) is 16.8. The number of halogens is 2. The molecule has 0 atom stereocenters. The molecule has 0 spiro atoms. The maximum absolute atomic E-state index is 14.1. The number of phenolic OH excluding ortho intramolecular Hbond substituents is 1. The third-order valence-electron chi connectivity index (χ3n) is 4.80. The number of carbonyl (C=O) groups excluding carboxylic acids is 1. The molecule has 0 saturated heterocycles. The summed E-state index contributed by atoms with van der Waals surface area (Å²) in [4.78, 5) is 14.8. The fourth-order valence-corrected chi connectivity index (χ4v) is 3.38. The highest BCUT2D eigenvalue weighted by molar-refractivity contribution is 6.32. The number of allylic oxidation sites excluding steroid dienone is 1. The quantitative estimate of drug-likeness (QED) is 0.602. The molecule has 6 nitrogen and oxygen atoms in total. The van der Waals surface area contributed by atoms with E-state index in [1.54, 1.807) is 14.2 Å². The minimum absolute atomic E-state index is 0.00607. The molecule has 0 bridgehead atoms. The Labute approximate surface area is 179 Å². The number of nitrogens with zero attached hydrogens (tertiary/aromatic N) is 1. The van der Waals surface area contributed by atoms with Gasteiger partial charge in [-0.15, -0.1) is 0 Å². The highest BCUT2D eigenvalue weighted by Crippen LogP contribution is 2.40. The van der Waals surface area contributed by atoms with E-state index < -0.39 is 11.6 Å². The molecule has 8 heteroatoms. The Morgan fingerprint density at radius 3 is 2.50 bits per heavy atom. The lowest BCUT2D eigenvalue weighted by molar-refractivity contribution is 0.101. The Bertz CT molecular complexity index is 935. The second-order valence-electron chi connectivity index (χ2n) is 6.78. The van der Waals surface area contributed by atoms with Crippen molar-refractivity contribution in [3.05, 3.63) is 63.6 Å². The van der Waals surface area contributed by atoms with E-state index in [1.807, 2.05) is 4.90 Å². The van der Waals surface area contributed by atoms with Crippen LogP contribution in [0.3, 0.4) is 0 Å². The van der Waals surface area contributed by atoms with Gasteiger partial charge in [0.2, 0.25) is 5.78 Å². The van der Waals surface area contributed by atoms with E-state index in [1.165, 1.54) is 36.4 Å². The number of hydrogen-bond acceptors (Lipinski definition) is 6. The molecule has 1 N–H and O–H groups in total. The Balaban J connectivity index is 1.93. The highest BCUT2D eigenvalue weighted by Gasteiger charge is 2.32. The smallest absolute Gasteiger partial charge is 0.231 e. The molecular formula is C22H23ClFNO5. The van der Waals surface area contributed by atoms with Gasteiger partial charge in [-0.2, -0.15) is 0 Å². The average Bonchev–Trinajstić information content (AvgIpc) is 3.04. The topological polar surface area (TPSA) is 68.2 Å². The summed E-state index contributed by atoms with van der Waals surface area (Å²) in [5.74, 6) is -0.740. The van der Waals surface area contributed by atoms with Crippen molar-refractivity contribution in [3.8, 4) is 11.5 Å².